The number of benzene rings is 1. The number of thiophene rings is 1. The average molecular weight is 495 g/mol. The third-order valence-electron chi connectivity index (χ3n) is 5.90. The smallest absolute Gasteiger partial charge is 0.348 e. The number of ether oxygens (including phenoxy) is 2. The first kappa shape index (κ1) is 26.9. The van der Waals surface area contributed by atoms with Gasteiger partial charge in [-0.15, -0.1) is 11.3 Å². The third kappa shape index (κ3) is 8.77. The normalized spacial score (nSPS) is 11.9. The van der Waals surface area contributed by atoms with Crippen LogP contribution in [-0.2, 0) is 4.74 Å². The van der Waals surface area contributed by atoms with Crippen molar-refractivity contribution in [3.8, 4) is 27.6 Å². The van der Waals surface area contributed by atoms with Crippen LogP contribution in [0.5, 0.6) is 5.75 Å². The maximum atomic E-state index is 12.5. The first-order valence-electron chi connectivity index (χ1n) is 13.0. The Labute approximate surface area is 213 Å². The van der Waals surface area contributed by atoms with Crippen LogP contribution in [0.4, 0.5) is 0 Å². The molecule has 0 aliphatic carbocycles. The fourth-order valence-electron chi connectivity index (χ4n) is 3.78. The van der Waals surface area contributed by atoms with Crippen molar-refractivity contribution in [3.63, 3.8) is 0 Å². The Balaban J connectivity index is 1.52. The van der Waals surface area contributed by atoms with Crippen LogP contribution in [0.1, 0.15) is 88.2 Å². The molecule has 0 amide bonds. The summed E-state index contributed by atoms with van der Waals surface area (Å²) in [6.45, 7) is 7.12. The van der Waals surface area contributed by atoms with E-state index in [0.717, 1.165) is 47.6 Å². The number of rotatable bonds is 15. The van der Waals surface area contributed by atoms with Crippen molar-refractivity contribution in [2.45, 2.75) is 84.7 Å². The van der Waals surface area contributed by atoms with Gasteiger partial charge >= 0.3 is 5.97 Å². The molecule has 0 radical (unpaired) electrons. The molecular formula is C29H38N2O3S. The highest BCUT2D eigenvalue weighted by atomic mass is 32.1. The summed E-state index contributed by atoms with van der Waals surface area (Å²) in [4.78, 5) is 23.2. The van der Waals surface area contributed by atoms with Gasteiger partial charge in [0, 0.05) is 28.4 Å². The van der Waals surface area contributed by atoms with Crippen molar-refractivity contribution in [3.05, 3.63) is 53.7 Å². The van der Waals surface area contributed by atoms with Crippen molar-refractivity contribution in [1.29, 1.82) is 0 Å². The van der Waals surface area contributed by atoms with E-state index in [2.05, 4.69) is 23.8 Å². The molecule has 0 bridgehead atoms. The topological polar surface area (TPSA) is 61.3 Å². The number of unbranched alkanes of at least 4 members (excludes halogenated alkanes) is 6. The Bertz CT molecular complexity index is 1020. The van der Waals surface area contributed by atoms with Gasteiger partial charge in [0.05, 0.1) is 12.7 Å². The van der Waals surface area contributed by atoms with Crippen molar-refractivity contribution >= 4 is 17.3 Å². The van der Waals surface area contributed by atoms with E-state index in [1.54, 1.807) is 12.4 Å². The molecule has 6 heteroatoms. The molecule has 5 nitrogen and oxygen atoms in total. The number of aromatic nitrogens is 2. The average Bonchev–Trinajstić information content (AvgIpc) is 3.38. The van der Waals surface area contributed by atoms with Crippen LogP contribution >= 0.6 is 11.3 Å². The van der Waals surface area contributed by atoms with Gasteiger partial charge in [0.15, 0.2) is 5.82 Å². The summed E-state index contributed by atoms with van der Waals surface area (Å²) in [5.41, 5.74) is 1.83. The van der Waals surface area contributed by atoms with Gasteiger partial charge in [0.2, 0.25) is 0 Å². The summed E-state index contributed by atoms with van der Waals surface area (Å²) in [7, 11) is 0. The minimum Gasteiger partial charge on any atom is -0.494 e. The molecule has 188 valence electrons. The van der Waals surface area contributed by atoms with Gasteiger partial charge in [0.1, 0.15) is 10.6 Å². The summed E-state index contributed by atoms with van der Waals surface area (Å²) < 4.78 is 11.4. The fraction of sp³-hybridized carbons (Fsp3) is 0.483. The van der Waals surface area contributed by atoms with Gasteiger partial charge in [0.25, 0.3) is 0 Å². The van der Waals surface area contributed by atoms with E-state index < -0.39 is 0 Å². The second-order valence-corrected chi connectivity index (χ2v) is 10.0. The van der Waals surface area contributed by atoms with Gasteiger partial charge < -0.3 is 9.47 Å². The summed E-state index contributed by atoms with van der Waals surface area (Å²) in [5.74, 6) is 1.28. The Hall–Kier alpha value is -2.73. The SMILES string of the molecule is CCCCCCOc1ccc(-c2ncc(-c3ccc(C(=O)OC(C)CCCCCC)s3)cn2)cc1. The van der Waals surface area contributed by atoms with Crippen LogP contribution in [0.3, 0.4) is 0 Å². The number of esters is 1. The number of nitrogens with zero attached hydrogens (tertiary/aromatic N) is 2. The molecule has 3 rings (SSSR count). The Morgan fingerprint density at radius 3 is 2.23 bits per heavy atom. The van der Waals surface area contributed by atoms with Crippen molar-refractivity contribution < 1.29 is 14.3 Å². The Morgan fingerprint density at radius 2 is 1.54 bits per heavy atom. The van der Waals surface area contributed by atoms with Crippen LogP contribution in [0.2, 0.25) is 0 Å². The van der Waals surface area contributed by atoms with E-state index in [0.29, 0.717) is 10.7 Å². The molecule has 2 aromatic heterocycles. The number of carbonyl (C=O) groups is 1. The first-order valence-corrected chi connectivity index (χ1v) is 13.8. The van der Waals surface area contributed by atoms with Gasteiger partial charge in [-0.25, -0.2) is 14.8 Å². The van der Waals surface area contributed by atoms with E-state index in [4.69, 9.17) is 9.47 Å². The van der Waals surface area contributed by atoms with Gasteiger partial charge in [-0.3, -0.25) is 0 Å². The largest absolute Gasteiger partial charge is 0.494 e. The standard InChI is InChI=1S/C29H38N2O3S/c1-4-6-8-10-12-22(3)34-29(32)27-18-17-26(35-27)24-20-30-28(31-21-24)23-13-15-25(16-14-23)33-19-11-9-7-5-2/h13-18,20-22H,4-12,19H2,1-3H3. The fourth-order valence-corrected chi connectivity index (χ4v) is 4.65. The number of hydrogen-bond donors (Lipinski definition) is 0. The summed E-state index contributed by atoms with van der Waals surface area (Å²) in [6, 6.07) is 11.7. The number of hydrogen-bond acceptors (Lipinski definition) is 6. The zero-order valence-electron chi connectivity index (χ0n) is 21.3. The molecule has 1 aromatic carbocycles. The maximum Gasteiger partial charge on any atom is 0.348 e. The molecular weight excluding hydrogens is 456 g/mol. The van der Waals surface area contributed by atoms with E-state index in [9.17, 15) is 4.79 Å². The lowest BCUT2D eigenvalue weighted by molar-refractivity contribution is 0.0325. The molecule has 0 saturated carbocycles. The first-order chi connectivity index (χ1) is 17.1. The zero-order valence-corrected chi connectivity index (χ0v) is 22.1. The van der Waals surface area contributed by atoms with Gasteiger partial charge in [-0.1, -0.05) is 52.4 Å². The van der Waals surface area contributed by atoms with Crippen LogP contribution in [0, 0.1) is 0 Å². The summed E-state index contributed by atoms with van der Waals surface area (Å²) in [6.07, 6.45) is 13.9. The highest BCUT2D eigenvalue weighted by molar-refractivity contribution is 7.17. The lowest BCUT2D eigenvalue weighted by Gasteiger charge is -2.12. The van der Waals surface area contributed by atoms with E-state index in [-0.39, 0.29) is 12.1 Å². The molecule has 35 heavy (non-hydrogen) atoms. The molecule has 0 aliphatic rings. The highest BCUT2D eigenvalue weighted by Crippen LogP contribution is 2.29. The minimum atomic E-state index is -0.255. The van der Waals surface area contributed by atoms with E-state index in [1.165, 1.54) is 49.9 Å². The van der Waals surface area contributed by atoms with Crippen LogP contribution in [-0.4, -0.2) is 28.6 Å². The monoisotopic (exact) mass is 494 g/mol. The predicted octanol–water partition coefficient (Wildman–Crippen LogP) is 8.35. The third-order valence-corrected chi connectivity index (χ3v) is 7.01. The lowest BCUT2D eigenvalue weighted by atomic mass is 10.1. The molecule has 0 saturated heterocycles. The van der Waals surface area contributed by atoms with Crippen LogP contribution in [0.15, 0.2) is 48.8 Å². The summed E-state index contributed by atoms with van der Waals surface area (Å²) in [5, 5.41) is 0. The van der Waals surface area contributed by atoms with Crippen molar-refractivity contribution in [2.75, 3.05) is 6.61 Å². The lowest BCUT2D eigenvalue weighted by Crippen LogP contribution is -2.14. The highest BCUT2D eigenvalue weighted by Gasteiger charge is 2.15. The molecule has 3 aromatic rings. The molecule has 0 spiro atoms. The quantitative estimate of drug-likeness (QED) is 0.157. The molecule has 0 aliphatic heterocycles. The van der Waals surface area contributed by atoms with Crippen molar-refractivity contribution in [1.82, 2.24) is 9.97 Å². The maximum absolute atomic E-state index is 12.5. The van der Waals surface area contributed by atoms with E-state index >= 15 is 0 Å². The second kappa shape index (κ2) is 14.6. The molecule has 2 heterocycles. The molecule has 1 atom stereocenters. The minimum absolute atomic E-state index is 0.0645. The van der Waals surface area contributed by atoms with Gasteiger partial charge in [-0.05, 0) is 62.6 Å². The van der Waals surface area contributed by atoms with Gasteiger partial charge in [-0.2, -0.15) is 0 Å². The predicted molar refractivity (Wildman–Crippen MR) is 144 cm³/mol. The molecule has 0 fully saturated rings. The number of carbonyl (C=O) groups excluding carboxylic acids is 1. The Morgan fingerprint density at radius 1 is 0.857 bits per heavy atom. The second-order valence-electron chi connectivity index (χ2n) is 8.96. The summed E-state index contributed by atoms with van der Waals surface area (Å²) >= 11 is 1.41. The molecule has 0 N–H and O–H groups in total. The zero-order chi connectivity index (χ0) is 24.9. The molecule has 1 unspecified atom stereocenters. The van der Waals surface area contributed by atoms with Crippen molar-refractivity contribution in [2.24, 2.45) is 0 Å². The van der Waals surface area contributed by atoms with Crippen LogP contribution < -0.4 is 4.74 Å². The van der Waals surface area contributed by atoms with E-state index in [1.807, 2.05) is 43.3 Å². The van der Waals surface area contributed by atoms with Crippen LogP contribution in [0.25, 0.3) is 21.8 Å². The Kier molecular flexibility index (Phi) is 11.2.